The van der Waals surface area contributed by atoms with Crippen molar-refractivity contribution in [3.05, 3.63) is 58.1 Å². The number of rotatable bonds is 3. The smallest absolute Gasteiger partial charge is 0.115 e. The fourth-order valence-electron chi connectivity index (χ4n) is 2.72. The van der Waals surface area contributed by atoms with Crippen LogP contribution in [0.4, 0.5) is 5.69 Å². The molecule has 22 heavy (non-hydrogen) atoms. The maximum absolute atomic E-state index is 9.36. The molecular weight excluding hydrogens is 319 g/mol. The monoisotopic (exact) mass is 336 g/mol. The van der Waals surface area contributed by atoms with Crippen molar-refractivity contribution in [3.63, 3.8) is 0 Å². The minimum atomic E-state index is 0.305. The molecule has 0 atom stereocenters. The molecular formula is C17H18Cl2N2O. The summed E-state index contributed by atoms with van der Waals surface area (Å²) >= 11 is 12.2. The molecule has 1 fully saturated rings. The minimum absolute atomic E-state index is 0.305. The van der Waals surface area contributed by atoms with E-state index in [1.54, 1.807) is 18.2 Å². The van der Waals surface area contributed by atoms with Crippen LogP contribution in [0.15, 0.2) is 42.5 Å². The van der Waals surface area contributed by atoms with Crippen molar-refractivity contribution in [2.75, 3.05) is 31.1 Å². The summed E-state index contributed by atoms with van der Waals surface area (Å²) in [6.45, 7) is 4.76. The summed E-state index contributed by atoms with van der Waals surface area (Å²) in [6.07, 6.45) is 0. The number of anilines is 1. The first-order valence-corrected chi connectivity index (χ1v) is 8.08. The van der Waals surface area contributed by atoms with E-state index in [1.807, 2.05) is 24.3 Å². The van der Waals surface area contributed by atoms with Crippen LogP contribution in [0.5, 0.6) is 5.75 Å². The van der Waals surface area contributed by atoms with Crippen LogP contribution >= 0.6 is 23.2 Å². The molecule has 1 saturated heterocycles. The average molecular weight is 337 g/mol. The molecule has 0 aliphatic carbocycles. The second-order valence-corrected chi connectivity index (χ2v) is 6.36. The summed E-state index contributed by atoms with van der Waals surface area (Å²) in [7, 11) is 0. The van der Waals surface area contributed by atoms with Crippen LogP contribution in [0, 0.1) is 0 Å². The lowest BCUT2D eigenvalue weighted by Gasteiger charge is -2.36. The van der Waals surface area contributed by atoms with E-state index in [0.29, 0.717) is 10.8 Å². The van der Waals surface area contributed by atoms with Gasteiger partial charge in [-0.1, -0.05) is 29.3 Å². The van der Waals surface area contributed by atoms with E-state index < -0.39 is 0 Å². The first-order chi connectivity index (χ1) is 10.6. The second kappa shape index (κ2) is 6.78. The third-order valence-corrected chi connectivity index (χ3v) is 4.58. The van der Waals surface area contributed by atoms with E-state index in [-0.39, 0.29) is 0 Å². The van der Waals surface area contributed by atoms with E-state index in [1.165, 1.54) is 0 Å². The Hall–Kier alpha value is -1.42. The molecule has 0 aromatic heterocycles. The number of piperazine rings is 1. The van der Waals surface area contributed by atoms with Gasteiger partial charge in [-0.2, -0.15) is 0 Å². The van der Waals surface area contributed by atoms with Crippen LogP contribution in [0.25, 0.3) is 0 Å². The molecule has 0 saturated carbocycles. The normalized spacial score (nSPS) is 16.0. The highest BCUT2D eigenvalue weighted by Crippen LogP contribution is 2.24. The van der Waals surface area contributed by atoms with Gasteiger partial charge in [0.05, 0.1) is 0 Å². The van der Waals surface area contributed by atoms with Crippen molar-refractivity contribution in [3.8, 4) is 5.75 Å². The summed E-state index contributed by atoms with van der Waals surface area (Å²) in [5.41, 5.74) is 2.27. The van der Waals surface area contributed by atoms with Crippen molar-refractivity contribution >= 4 is 28.9 Å². The molecule has 2 aromatic rings. The van der Waals surface area contributed by atoms with E-state index in [9.17, 15) is 5.11 Å². The van der Waals surface area contributed by atoms with Crippen molar-refractivity contribution < 1.29 is 5.11 Å². The summed E-state index contributed by atoms with van der Waals surface area (Å²) in [5.74, 6) is 0.305. The number of hydrogen-bond donors (Lipinski definition) is 1. The number of benzene rings is 2. The molecule has 0 spiro atoms. The Morgan fingerprint density at radius 1 is 0.909 bits per heavy atom. The van der Waals surface area contributed by atoms with E-state index in [0.717, 1.165) is 49.0 Å². The first-order valence-electron chi connectivity index (χ1n) is 7.32. The van der Waals surface area contributed by atoms with Crippen molar-refractivity contribution in [2.24, 2.45) is 0 Å². The molecule has 1 N–H and O–H groups in total. The molecule has 3 rings (SSSR count). The van der Waals surface area contributed by atoms with Crippen LogP contribution in [-0.4, -0.2) is 36.2 Å². The Morgan fingerprint density at radius 2 is 1.59 bits per heavy atom. The van der Waals surface area contributed by atoms with Gasteiger partial charge in [0.15, 0.2) is 0 Å². The lowest BCUT2D eigenvalue weighted by Crippen LogP contribution is -2.45. The Bertz CT molecular complexity index is 638. The van der Waals surface area contributed by atoms with Crippen molar-refractivity contribution in [2.45, 2.75) is 6.54 Å². The van der Waals surface area contributed by atoms with Crippen LogP contribution < -0.4 is 4.90 Å². The molecule has 1 aliphatic heterocycles. The molecule has 0 amide bonds. The van der Waals surface area contributed by atoms with Gasteiger partial charge >= 0.3 is 0 Å². The first kappa shape index (κ1) is 15.5. The SMILES string of the molecule is Oc1ccc(N2CCN(Cc3ccc(Cl)cc3Cl)CC2)cc1. The fourth-order valence-corrected chi connectivity index (χ4v) is 3.19. The molecule has 116 valence electrons. The highest BCUT2D eigenvalue weighted by atomic mass is 35.5. The lowest BCUT2D eigenvalue weighted by molar-refractivity contribution is 0.250. The summed E-state index contributed by atoms with van der Waals surface area (Å²) in [5, 5.41) is 10.8. The van der Waals surface area contributed by atoms with Gasteiger partial charge in [0.2, 0.25) is 0 Å². The highest BCUT2D eigenvalue weighted by Gasteiger charge is 2.18. The van der Waals surface area contributed by atoms with E-state index >= 15 is 0 Å². The van der Waals surface area contributed by atoms with Crippen LogP contribution in [0.2, 0.25) is 10.0 Å². The van der Waals surface area contributed by atoms with Crippen molar-refractivity contribution in [1.82, 2.24) is 4.90 Å². The Balaban J connectivity index is 1.58. The van der Waals surface area contributed by atoms with Gasteiger partial charge in [0.25, 0.3) is 0 Å². The minimum Gasteiger partial charge on any atom is -0.508 e. The fraction of sp³-hybridized carbons (Fsp3) is 0.294. The Morgan fingerprint density at radius 3 is 2.23 bits per heavy atom. The number of phenols is 1. The third kappa shape index (κ3) is 3.67. The molecule has 1 aliphatic rings. The Labute approximate surface area is 140 Å². The van der Waals surface area contributed by atoms with Crippen LogP contribution in [0.3, 0.4) is 0 Å². The standard InChI is InChI=1S/C17H18Cl2N2O/c18-14-2-1-13(17(19)11-14)12-20-7-9-21(10-8-20)15-3-5-16(22)6-4-15/h1-6,11,22H,7-10,12H2. The average Bonchev–Trinajstić information content (AvgIpc) is 2.52. The predicted molar refractivity (Wildman–Crippen MR) is 92.1 cm³/mol. The quantitative estimate of drug-likeness (QED) is 0.916. The maximum atomic E-state index is 9.36. The number of aromatic hydroxyl groups is 1. The molecule has 5 heteroatoms. The molecule has 0 bridgehead atoms. The predicted octanol–water partition coefficient (Wildman–Crippen LogP) is 4.02. The number of nitrogens with zero attached hydrogens (tertiary/aromatic N) is 2. The molecule has 0 radical (unpaired) electrons. The second-order valence-electron chi connectivity index (χ2n) is 5.52. The molecule has 0 unspecified atom stereocenters. The van der Waals surface area contributed by atoms with Crippen LogP contribution in [-0.2, 0) is 6.54 Å². The zero-order chi connectivity index (χ0) is 15.5. The topological polar surface area (TPSA) is 26.7 Å². The number of halogens is 2. The molecule has 2 aromatic carbocycles. The van der Waals surface area contributed by atoms with Gasteiger partial charge in [0.1, 0.15) is 5.75 Å². The Kier molecular flexibility index (Phi) is 4.77. The van der Waals surface area contributed by atoms with Gasteiger partial charge in [-0.25, -0.2) is 0 Å². The zero-order valence-electron chi connectivity index (χ0n) is 12.2. The van der Waals surface area contributed by atoms with Crippen LogP contribution in [0.1, 0.15) is 5.56 Å². The highest BCUT2D eigenvalue weighted by molar-refractivity contribution is 6.35. The van der Waals surface area contributed by atoms with Crippen molar-refractivity contribution in [1.29, 1.82) is 0 Å². The van der Waals surface area contributed by atoms with Gasteiger partial charge < -0.3 is 10.0 Å². The van der Waals surface area contributed by atoms with Gasteiger partial charge in [-0.15, -0.1) is 0 Å². The molecule has 1 heterocycles. The number of phenolic OH excluding ortho intramolecular Hbond substituents is 1. The van der Waals surface area contributed by atoms with E-state index in [4.69, 9.17) is 23.2 Å². The molecule has 3 nitrogen and oxygen atoms in total. The summed E-state index contributed by atoms with van der Waals surface area (Å²) < 4.78 is 0. The van der Waals surface area contributed by atoms with E-state index in [2.05, 4.69) is 9.80 Å². The summed E-state index contributed by atoms with van der Waals surface area (Å²) in [4.78, 5) is 4.73. The van der Waals surface area contributed by atoms with Gasteiger partial charge in [0, 0.05) is 48.5 Å². The summed E-state index contributed by atoms with van der Waals surface area (Å²) in [6, 6.07) is 13.1. The zero-order valence-corrected chi connectivity index (χ0v) is 13.7. The van der Waals surface area contributed by atoms with Gasteiger partial charge in [-0.05, 0) is 42.0 Å². The largest absolute Gasteiger partial charge is 0.508 e. The number of hydrogen-bond acceptors (Lipinski definition) is 3. The lowest BCUT2D eigenvalue weighted by atomic mass is 10.2. The maximum Gasteiger partial charge on any atom is 0.115 e. The van der Waals surface area contributed by atoms with Gasteiger partial charge in [-0.3, -0.25) is 4.90 Å². The third-order valence-electron chi connectivity index (χ3n) is 4.00.